The number of esters is 1. The van der Waals surface area contributed by atoms with Gasteiger partial charge in [0.05, 0.1) is 13.5 Å². The van der Waals surface area contributed by atoms with Gasteiger partial charge in [-0.05, 0) is 35.7 Å². The molecule has 0 atom stereocenters. The lowest BCUT2D eigenvalue weighted by molar-refractivity contribution is -0.139. The predicted molar refractivity (Wildman–Crippen MR) is 67.2 cm³/mol. The van der Waals surface area contributed by atoms with E-state index in [1.54, 1.807) is 0 Å². The summed E-state index contributed by atoms with van der Waals surface area (Å²) in [6, 6.07) is 4.02. The Labute approximate surface area is 106 Å². The highest BCUT2D eigenvalue weighted by Gasteiger charge is 2.11. The van der Waals surface area contributed by atoms with Gasteiger partial charge in [0.1, 0.15) is 0 Å². The summed E-state index contributed by atoms with van der Waals surface area (Å²) in [4.78, 5) is 11.2. The minimum Gasteiger partial charge on any atom is -0.469 e. The van der Waals surface area contributed by atoms with E-state index in [2.05, 4.69) is 36.6 Å². The van der Waals surface area contributed by atoms with Crippen LogP contribution in [0.25, 0.3) is 0 Å². The zero-order chi connectivity index (χ0) is 11.4. The van der Waals surface area contributed by atoms with Crippen LogP contribution in [0, 0.1) is 6.92 Å². The number of halogens is 2. The summed E-state index contributed by atoms with van der Waals surface area (Å²) in [6.07, 6.45) is 0.330. The normalized spacial score (nSPS) is 10.1. The van der Waals surface area contributed by atoms with Crippen LogP contribution in [0.15, 0.2) is 16.6 Å². The Bertz CT molecular complexity index is 375. The molecule has 0 heterocycles. The van der Waals surface area contributed by atoms with Crippen LogP contribution in [0.5, 0.6) is 0 Å². The Morgan fingerprint density at radius 1 is 1.47 bits per heavy atom. The van der Waals surface area contributed by atoms with E-state index in [0.29, 0.717) is 6.42 Å². The van der Waals surface area contributed by atoms with E-state index in [-0.39, 0.29) is 5.97 Å². The molecule has 15 heavy (non-hydrogen) atoms. The number of ether oxygens (including phenoxy) is 1. The molecule has 2 nitrogen and oxygen atoms in total. The minimum atomic E-state index is -0.206. The molecule has 1 aromatic carbocycles. The second-order valence-electron chi connectivity index (χ2n) is 3.25. The molecule has 0 N–H and O–H groups in total. The number of methoxy groups -OCH3 is 1. The number of rotatable bonds is 3. The fraction of sp³-hybridized carbons (Fsp3) is 0.364. The highest BCUT2D eigenvalue weighted by molar-refractivity contribution is 9.10. The lowest BCUT2D eigenvalue weighted by Gasteiger charge is -2.10. The van der Waals surface area contributed by atoms with Gasteiger partial charge in [-0.1, -0.05) is 31.9 Å². The van der Waals surface area contributed by atoms with Gasteiger partial charge in [-0.25, -0.2) is 0 Å². The maximum Gasteiger partial charge on any atom is 0.309 e. The van der Waals surface area contributed by atoms with Gasteiger partial charge in [0.2, 0.25) is 0 Å². The van der Waals surface area contributed by atoms with Crippen molar-refractivity contribution in [1.82, 2.24) is 0 Å². The summed E-state index contributed by atoms with van der Waals surface area (Å²) in [6.45, 7) is 2.00. The molecule has 0 unspecified atom stereocenters. The zero-order valence-electron chi connectivity index (χ0n) is 8.64. The molecule has 0 bridgehead atoms. The third kappa shape index (κ3) is 3.31. The predicted octanol–water partition coefficient (Wildman–Crippen LogP) is 3.37. The molecular weight excluding hydrogens is 324 g/mol. The minimum absolute atomic E-state index is 0.206. The first-order valence-corrected chi connectivity index (χ1v) is 6.40. The lowest BCUT2D eigenvalue weighted by atomic mass is 10.0. The number of carbonyl (C=O) groups excluding carboxylic acids is 1. The Kier molecular flexibility index (Phi) is 4.80. The van der Waals surface area contributed by atoms with Crippen molar-refractivity contribution in [1.29, 1.82) is 0 Å². The molecule has 0 radical (unpaired) electrons. The Morgan fingerprint density at radius 2 is 2.13 bits per heavy atom. The largest absolute Gasteiger partial charge is 0.469 e. The first kappa shape index (κ1) is 12.7. The van der Waals surface area contributed by atoms with E-state index < -0.39 is 0 Å². The summed E-state index contributed by atoms with van der Waals surface area (Å²) in [5.41, 5.74) is 3.26. The van der Waals surface area contributed by atoms with E-state index in [1.807, 2.05) is 19.1 Å². The molecule has 0 aliphatic heterocycles. The van der Waals surface area contributed by atoms with E-state index >= 15 is 0 Å². The average Bonchev–Trinajstić information content (AvgIpc) is 2.21. The smallest absolute Gasteiger partial charge is 0.309 e. The summed E-state index contributed by atoms with van der Waals surface area (Å²) >= 11 is 6.85. The van der Waals surface area contributed by atoms with Gasteiger partial charge in [-0.2, -0.15) is 0 Å². The third-order valence-electron chi connectivity index (χ3n) is 2.22. The highest BCUT2D eigenvalue weighted by Crippen LogP contribution is 2.23. The Balaban J connectivity index is 3.09. The van der Waals surface area contributed by atoms with Crippen molar-refractivity contribution in [2.24, 2.45) is 0 Å². The second-order valence-corrected chi connectivity index (χ2v) is 4.72. The summed E-state index contributed by atoms with van der Waals surface area (Å²) in [7, 11) is 1.41. The number of benzene rings is 1. The maximum absolute atomic E-state index is 11.2. The number of hydrogen-bond acceptors (Lipinski definition) is 2. The molecule has 1 aromatic rings. The average molecular weight is 336 g/mol. The molecule has 0 fully saturated rings. The van der Waals surface area contributed by atoms with E-state index in [1.165, 1.54) is 7.11 Å². The molecule has 0 aliphatic carbocycles. The monoisotopic (exact) mass is 334 g/mol. The van der Waals surface area contributed by atoms with Gasteiger partial charge >= 0.3 is 5.97 Å². The van der Waals surface area contributed by atoms with Crippen LogP contribution < -0.4 is 0 Å². The van der Waals surface area contributed by atoms with E-state index in [9.17, 15) is 4.79 Å². The van der Waals surface area contributed by atoms with Crippen molar-refractivity contribution in [2.45, 2.75) is 18.7 Å². The molecule has 0 aromatic heterocycles. The third-order valence-corrected chi connectivity index (χ3v) is 3.28. The first-order chi connectivity index (χ1) is 7.08. The SMILES string of the molecule is COC(=O)Cc1c(C)cc(Br)cc1CBr. The maximum atomic E-state index is 11.2. The van der Waals surface area contributed by atoms with Gasteiger partial charge in [0, 0.05) is 9.80 Å². The number of carbonyl (C=O) groups is 1. The molecule has 1 rings (SSSR count). The van der Waals surface area contributed by atoms with Crippen molar-refractivity contribution >= 4 is 37.8 Å². The van der Waals surface area contributed by atoms with Crippen molar-refractivity contribution in [3.63, 3.8) is 0 Å². The zero-order valence-corrected chi connectivity index (χ0v) is 11.8. The van der Waals surface area contributed by atoms with E-state index in [4.69, 9.17) is 0 Å². The number of aryl methyl sites for hydroxylation is 1. The number of hydrogen-bond donors (Lipinski definition) is 0. The van der Waals surface area contributed by atoms with Crippen molar-refractivity contribution < 1.29 is 9.53 Å². The van der Waals surface area contributed by atoms with Crippen LogP contribution in [0.1, 0.15) is 16.7 Å². The highest BCUT2D eigenvalue weighted by atomic mass is 79.9. The topological polar surface area (TPSA) is 26.3 Å². The van der Waals surface area contributed by atoms with Crippen LogP contribution in [0.2, 0.25) is 0 Å². The quantitative estimate of drug-likeness (QED) is 0.625. The second kappa shape index (κ2) is 5.66. The Hall–Kier alpha value is -0.350. The molecule has 0 saturated heterocycles. The van der Waals surface area contributed by atoms with Gasteiger partial charge in [0.15, 0.2) is 0 Å². The van der Waals surface area contributed by atoms with Crippen LogP contribution in [-0.2, 0) is 21.3 Å². The molecule has 0 amide bonds. The molecule has 0 spiro atoms. The lowest BCUT2D eigenvalue weighted by Crippen LogP contribution is -2.08. The fourth-order valence-electron chi connectivity index (χ4n) is 1.43. The van der Waals surface area contributed by atoms with Crippen LogP contribution in [-0.4, -0.2) is 13.1 Å². The Morgan fingerprint density at radius 3 is 2.67 bits per heavy atom. The van der Waals surface area contributed by atoms with Gasteiger partial charge in [-0.15, -0.1) is 0 Å². The van der Waals surface area contributed by atoms with Gasteiger partial charge < -0.3 is 4.74 Å². The molecular formula is C11H12Br2O2. The van der Waals surface area contributed by atoms with Crippen LogP contribution in [0.4, 0.5) is 0 Å². The van der Waals surface area contributed by atoms with Crippen LogP contribution in [0.3, 0.4) is 0 Å². The molecule has 82 valence electrons. The number of alkyl halides is 1. The van der Waals surface area contributed by atoms with Crippen molar-refractivity contribution in [3.8, 4) is 0 Å². The van der Waals surface area contributed by atoms with E-state index in [0.717, 1.165) is 26.5 Å². The fourth-order valence-corrected chi connectivity index (χ4v) is 2.55. The standard InChI is InChI=1S/C11H12Br2O2/c1-7-3-9(13)4-8(6-12)10(7)5-11(14)15-2/h3-4H,5-6H2,1-2H3. The summed E-state index contributed by atoms with van der Waals surface area (Å²) in [5.74, 6) is -0.206. The summed E-state index contributed by atoms with van der Waals surface area (Å²) in [5, 5.41) is 0.736. The van der Waals surface area contributed by atoms with Crippen LogP contribution >= 0.6 is 31.9 Å². The van der Waals surface area contributed by atoms with Gasteiger partial charge in [0.25, 0.3) is 0 Å². The summed E-state index contributed by atoms with van der Waals surface area (Å²) < 4.78 is 5.70. The van der Waals surface area contributed by atoms with Crippen molar-refractivity contribution in [2.75, 3.05) is 7.11 Å². The van der Waals surface area contributed by atoms with Gasteiger partial charge in [-0.3, -0.25) is 4.79 Å². The molecule has 0 aliphatic rings. The molecule has 4 heteroatoms. The molecule has 0 saturated carbocycles. The first-order valence-electron chi connectivity index (χ1n) is 4.49. The van der Waals surface area contributed by atoms with Crippen molar-refractivity contribution in [3.05, 3.63) is 33.3 Å².